The Morgan fingerprint density at radius 2 is 1.91 bits per heavy atom. The molecule has 1 saturated carbocycles. The number of carbonyl (C=O) groups is 1. The summed E-state index contributed by atoms with van der Waals surface area (Å²) in [5.74, 6) is -0.889. The van der Waals surface area contributed by atoms with Gasteiger partial charge >= 0.3 is 0 Å². The molecule has 1 amide bonds. The lowest BCUT2D eigenvalue weighted by molar-refractivity contribution is -0.126. The molecule has 5 nitrogen and oxygen atoms in total. The molecule has 1 aromatic rings. The van der Waals surface area contributed by atoms with Gasteiger partial charge in [0.2, 0.25) is 5.91 Å². The second-order valence-corrected chi connectivity index (χ2v) is 10.8. The van der Waals surface area contributed by atoms with E-state index in [-0.39, 0.29) is 40.5 Å². The first-order valence-corrected chi connectivity index (χ1v) is 11.9. The van der Waals surface area contributed by atoms with E-state index in [2.05, 4.69) is 42.0 Å². The first-order valence-electron chi connectivity index (χ1n) is 11.5. The Labute approximate surface area is 193 Å². The van der Waals surface area contributed by atoms with Crippen molar-refractivity contribution in [3.05, 3.63) is 40.8 Å². The number of rotatable bonds is 4. The van der Waals surface area contributed by atoms with Crippen LogP contribution in [0.3, 0.4) is 0 Å². The number of carbonyl (C=O) groups excluding carboxylic acids is 1. The van der Waals surface area contributed by atoms with Crippen LogP contribution in [0.15, 0.2) is 30.0 Å². The van der Waals surface area contributed by atoms with Crippen molar-refractivity contribution < 1.29 is 13.6 Å². The van der Waals surface area contributed by atoms with Crippen LogP contribution < -0.4 is 21.3 Å². The number of para-hydroxylation sites is 1. The molecular weight excluding hydrogens is 434 g/mol. The van der Waals surface area contributed by atoms with Gasteiger partial charge in [-0.25, -0.2) is 8.78 Å². The molecule has 0 radical (unpaired) electrons. The standard InChI is InChI=1S/C24H33ClF2N4O/c1-24(2,3)13-7-9-14(10-8-13)28-22(32)15-11-19-20(12-18(15)27)30-23(29-19)31-21-16(25)5-4-6-17(21)26/h4-6,11,13-15,18,20,23,29-31H,7-10,12H2,1-3H3,(H,28,32). The summed E-state index contributed by atoms with van der Waals surface area (Å²) in [7, 11) is 0. The summed E-state index contributed by atoms with van der Waals surface area (Å²) in [6, 6.07) is 4.30. The highest BCUT2D eigenvalue weighted by molar-refractivity contribution is 6.33. The van der Waals surface area contributed by atoms with Crippen molar-refractivity contribution >= 4 is 23.2 Å². The summed E-state index contributed by atoms with van der Waals surface area (Å²) < 4.78 is 29.0. The summed E-state index contributed by atoms with van der Waals surface area (Å²) >= 11 is 6.09. The fraction of sp³-hybridized carbons (Fsp3) is 0.625. The zero-order chi connectivity index (χ0) is 23.0. The molecule has 2 fully saturated rings. The van der Waals surface area contributed by atoms with Gasteiger partial charge in [0.05, 0.1) is 22.7 Å². The second kappa shape index (κ2) is 9.18. The second-order valence-electron chi connectivity index (χ2n) is 10.4. The highest BCUT2D eigenvalue weighted by Crippen LogP contribution is 2.38. The molecule has 0 bridgehead atoms. The largest absolute Gasteiger partial charge is 0.355 e. The number of fused-ring (bicyclic) bond motifs is 1. The van der Waals surface area contributed by atoms with E-state index in [4.69, 9.17) is 11.6 Å². The monoisotopic (exact) mass is 466 g/mol. The number of amides is 1. The third-order valence-electron chi connectivity index (χ3n) is 7.12. The summed E-state index contributed by atoms with van der Waals surface area (Å²) in [6.07, 6.45) is 4.10. The first-order chi connectivity index (χ1) is 15.1. The van der Waals surface area contributed by atoms with Gasteiger partial charge in [-0.2, -0.15) is 0 Å². The Balaban J connectivity index is 1.36. The zero-order valence-corrected chi connectivity index (χ0v) is 19.6. The van der Waals surface area contributed by atoms with Crippen LogP contribution in [0, 0.1) is 23.1 Å². The Bertz CT molecular complexity index is 859. The summed E-state index contributed by atoms with van der Waals surface area (Å²) in [4.78, 5) is 12.9. The molecule has 1 heterocycles. The number of hydrogen-bond donors (Lipinski definition) is 4. The highest BCUT2D eigenvalue weighted by atomic mass is 35.5. The maximum absolute atomic E-state index is 14.9. The van der Waals surface area contributed by atoms with Crippen molar-refractivity contribution in [2.45, 2.75) is 77.4 Å². The predicted molar refractivity (Wildman–Crippen MR) is 123 cm³/mol. The minimum atomic E-state index is -1.28. The van der Waals surface area contributed by atoms with E-state index in [1.54, 1.807) is 12.1 Å². The van der Waals surface area contributed by atoms with Crippen molar-refractivity contribution in [1.82, 2.24) is 16.0 Å². The minimum Gasteiger partial charge on any atom is -0.355 e. The topological polar surface area (TPSA) is 65.2 Å². The SMILES string of the molecule is CC(C)(C)C1CCC(NC(=O)C2C=C3NC(Nc4c(F)cccc4Cl)NC3CC2F)CC1. The molecular formula is C24H33ClF2N4O. The lowest BCUT2D eigenvalue weighted by Crippen LogP contribution is -2.46. The van der Waals surface area contributed by atoms with Gasteiger partial charge in [-0.05, 0) is 55.2 Å². The van der Waals surface area contributed by atoms with E-state index in [1.807, 2.05) is 0 Å². The Kier molecular flexibility index (Phi) is 6.68. The normalized spacial score (nSPS) is 32.5. The van der Waals surface area contributed by atoms with Crippen molar-refractivity contribution in [3.63, 3.8) is 0 Å². The molecule has 0 aromatic heterocycles. The van der Waals surface area contributed by atoms with E-state index < -0.39 is 24.2 Å². The third-order valence-corrected chi connectivity index (χ3v) is 7.43. The lowest BCUT2D eigenvalue weighted by atomic mass is 9.71. The molecule has 4 unspecified atom stereocenters. The van der Waals surface area contributed by atoms with Crippen molar-refractivity contribution in [3.8, 4) is 0 Å². The summed E-state index contributed by atoms with van der Waals surface area (Å²) in [6.45, 7) is 6.79. The maximum atomic E-state index is 14.9. The number of nitrogens with one attached hydrogen (secondary N) is 4. The van der Waals surface area contributed by atoms with Gasteiger partial charge < -0.3 is 16.0 Å². The Morgan fingerprint density at radius 3 is 2.56 bits per heavy atom. The van der Waals surface area contributed by atoms with E-state index in [0.29, 0.717) is 5.92 Å². The number of alkyl halides is 1. The average molecular weight is 467 g/mol. The highest BCUT2D eigenvalue weighted by Gasteiger charge is 2.41. The molecule has 2 aliphatic carbocycles. The van der Waals surface area contributed by atoms with Gasteiger partial charge in [-0.15, -0.1) is 0 Å². The molecule has 1 saturated heterocycles. The Morgan fingerprint density at radius 1 is 1.19 bits per heavy atom. The smallest absolute Gasteiger partial charge is 0.230 e. The van der Waals surface area contributed by atoms with Gasteiger partial charge in [0.1, 0.15) is 12.0 Å². The number of anilines is 1. The fourth-order valence-corrected chi connectivity index (χ4v) is 5.35. The fourth-order valence-electron chi connectivity index (χ4n) is 5.13. The molecule has 4 rings (SSSR count). The first kappa shape index (κ1) is 23.3. The van der Waals surface area contributed by atoms with Crippen molar-refractivity contribution in [2.75, 3.05) is 5.32 Å². The van der Waals surface area contributed by atoms with E-state index in [9.17, 15) is 13.6 Å². The Hall–Kier alpha value is -1.86. The van der Waals surface area contributed by atoms with Gasteiger partial charge in [0, 0.05) is 18.2 Å². The van der Waals surface area contributed by atoms with Crippen LogP contribution in [0.5, 0.6) is 0 Å². The van der Waals surface area contributed by atoms with Crippen molar-refractivity contribution in [2.24, 2.45) is 17.3 Å². The van der Waals surface area contributed by atoms with E-state index in [1.165, 1.54) is 12.1 Å². The molecule has 4 N–H and O–H groups in total. The van der Waals surface area contributed by atoms with Gasteiger partial charge in [-0.1, -0.05) is 38.4 Å². The quantitative estimate of drug-likeness (QED) is 0.519. The summed E-state index contributed by atoms with van der Waals surface area (Å²) in [5, 5.41) is 12.7. The van der Waals surface area contributed by atoms with Crippen LogP contribution in [0.4, 0.5) is 14.5 Å². The minimum absolute atomic E-state index is 0.108. The zero-order valence-electron chi connectivity index (χ0n) is 18.9. The number of hydrogen-bond acceptors (Lipinski definition) is 4. The molecule has 32 heavy (non-hydrogen) atoms. The van der Waals surface area contributed by atoms with Crippen LogP contribution in [-0.2, 0) is 4.79 Å². The van der Waals surface area contributed by atoms with Gasteiger partial charge in [0.15, 0.2) is 6.29 Å². The number of halogens is 3. The average Bonchev–Trinajstić information content (AvgIpc) is 3.11. The van der Waals surface area contributed by atoms with Crippen LogP contribution in [0.25, 0.3) is 0 Å². The van der Waals surface area contributed by atoms with Crippen LogP contribution in [-0.4, -0.2) is 30.5 Å². The molecule has 0 spiro atoms. The van der Waals surface area contributed by atoms with E-state index >= 15 is 0 Å². The van der Waals surface area contributed by atoms with Crippen LogP contribution >= 0.6 is 11.6 Å². The lowest BCUT2D eigenvalue weighted by Gasteiger charge is -2.37. The third kappa shape index (κ3) is 5.04. The maximum Gasteiger partial charge on any atom is 0.230 e. The predicted octanol–water partition coefficient (Wildman–Crippen LogP) is 4.70. The van der Waals surface area contributed by atoms with Crippen LogP contribution in [0.1, 0.15) is 52.9 Å². The molecule has 8 heteroatoms. The van der Waals surface area contributed by atoms with E-state index in [0.717, 1.165) is 31.4 Å². The molecule has 3 aliphatic rings. The van der Waals surface area contributed by atoms with Gasteiger partial charge in [0.25, 0.3) is 0 Å². The van der Waals surface area contributed by atoms with Crippen LogP contribution in [0.2, 0.25) is 5.02 Å². The summed E-state index contributed by atoms with van der Waals surface area (Å²) in [5.41, 5.74) is 1.20. The van der Waals surface area contributed by atoms with Gasteiger partial charge in [-0.3, -0.25) is 10.1 Å². The molecule has 1 aliphatic heterocycles. The van der Waals surface area contributed by atoms with Crippen molar-refractivity contribution in [1.29, 1.82) is 0 Å². The molecule has 4 atom stereocenters. The molecule has 176 valence electrons. The number of benzene rings is 1. The molecule has 1 aromatic carbocycles.